The highest BCUT2D eigenvalue weighted by molar-refractivity contribution is 5.90. The normalized spacial score (nSPS) is 26.9. The van der Waals surface area contributed by atoms with Gasteiger partial charge in [0.1, 0.15) is 5.75 Å². The molecule has 0 heterocycles. The summed E-state index contributed by atoms with van der Waals surface area (Å²) in [4.78, 5) is 14.7. The van der Waals surface area contributed by atoms with Crippen molar-refractivity contribution in [3.63, 3.8) is 0 Å². The highest BCUT2D eigenvalue weighted by atomic mass is 16.5. The van der Waals surface area contributed by atoms with E-state index in [1.807, 2.05) is 30.3 Å². The van der Waals surface area contributed by atoms with E-state index >= 15 is 0 Å². The van der Waals surface area contributed by atoms with Crippen LogP contribution < -0.4 is 4.74 Å². The van der Waals surface area contributed by atoms with Gasteiger partial charge in [-0.05, 0) is 86.9 Å². The lowest BCUT2D eigenvalue weighted by Gasteiger charge is -2.38. The van der Waals surface area contributed by atoms with Crippen molar-refractivity contribution < 1.29 is 9.53 Å². The number of fused-ring (bicyclic) bond motifs is 2. The van der Waals surface area contributed by atoms with E-state index < -0.39 is 0 Å². The molecular weight excluding hydrogens is 334 g/mol. The number of carbonyl (C=O) groups is 1. The highest BCUT2D eigenvalue weighted by Crippen LogP contribution is 2.52. The van der Waals surface area contributed by atoms with Crippen LogP contribution in [0.3, 0.4) is 0 Å². The van der Waals surface area contributed by atoms with E-state index in [-0.39, 0.29) is 5.97 Å². The number of esters is 1. The third-order valence-electron chi connectivity index (χ3n) is 6.37. The Morgan fingerprint density at radius 2 is 1.85 bits per heavy atom. The van der Waals surface area contributed by atoms with E-state index in [0.717, 1.165) is 18.4 Å². The molecule has 2 aromatic carbocycles. The monoisotopic (exact) mass is 363 g/mol. The number of benzene rings is 2. The van der Waals surface area contributed by atoms with Crippen LogP contribution >= 0.6 is 0 Å². The van der Waals surface area contributed by atoms with Crippen molar-refractivity contribution in [1.29, 1.82) is 0 Å². The second kappa shape index (κ2) is 7.85. The molecule has 0 aliphatic heterocycles. The maximum Gasteiger partial charge on any atom is 0.343 e. The van der Waals surface area contributed by atoms with Gasteiger partial charge in [-0.1, -0.05) is 36.8 Å². The molecule has 0 amide bonds. The van der Waals surface area contributed by atoms with Gasteiger partial charge in [0.05, 0.1) is 5.56 Å². The zero-order chi connectivity index (χ0) is 18.8. The SMILES string of the molecule is CN(C)CC1C2CCC(C2)CC1c1cccc(OC(=O)c2ccccc2)c1. The number of nitrogens with zero attached hydrogens (tertiary/aromatic N) is 1. The Bertz CT molecular complexity index is 786. The molecule has 0 saturated heterocycles. The standard InChI is InChI=1S/C24H29NO2/c1-25(2)16-23-20-12-11-17(13-20)14-22(23)19-9-6-10-21(15-19)27-24(26)18-7-4-3-5-8-18/h3-10,15,17,20,22-23H,11-14,16H2,1-2H3. The van der Waals surface area contributed by atoms with E-state index in [1.54, 1.807) is 12.1 Å². The summed E-state index contributed by atoms with van der Waals surface area (Å²) in [5.41, 5.74) is 1.92. The minimum Gasteiger partial charge on any atom is -0.423 e. The fourth-order valence-electron chi connectivity index (χ4n) is 5.21. The molecule has 2 bridgehead atoms. The molecule has 4 atom stereocenters. The number of hydrogen-bond donors (Lipinski definition) is 0. The van der Waals surface area contributed by atoms with Crippen LogP contribution in [-0.4, -0.2) is 31.5 Å². The zero-order valence-corrected chi connectivity index (χ0v) is 16.3. The van der Waals surface area contributed by atoms with Crippen LogP contribution in [0.15, 0.2) is 54.6 Å². The van der Waals surface area contributed by atoms with Crippen molar-refractivity contribution in [2.24, 2.45) is 17.8 Å². The van der Waals surface area contributed by atoms with Gasteiger partial charge in [0, 0.05) is 6.54 Å². The molecule has 2 saturated carbocycles. The van der Waals surface area contributed by atoms with Gasteiger partial charge in [-0.3, -0.25) is 0 Å². The van der Waals surface area contributed by atoms with Gasteiger partial charge in [0.2, 0.25) is 0 Å². The molecule has 0 radical (unpaired) electrons. The predicted octanol–water partition coefficient (Wildman–Crippen LogP) is 4.99. The van der Waals surface area contributed by atoms with E-state index in [4.69, 9.17) is 4.74 Å². The van der Waals surface area contributed by atoms with Crippen LogP contribution in [0, 0.1) is 17.8 Å². The Morgan fingerprint density at radius 1 is 1.04 bits per heavy atom. The lowest BCUT2D eigenvalue weighted by molar-refractivity contribution is 0.0734. The van der Waals surface area contributed by atoms with Crippen LogP contribution in [0.4, 0.5) is 0 Å². The van der Waals surface area contributed by atoms with Gasteiger partial charge in [-0.25, -0.2) is 4.79 Å². The molecule has 0 N–H and O–H groups in total. The molecule has 0 spiro atoms. The van der Waals surface area contributed by atoms with Crippen LogP contribution in [0.2, 0.25) is 0 Å². The van der Waals surface area contributed by atoms with Crippen LogP contribution in [0.1, 0.15) is 47.5 Å². The van der Waals surface area contributed by atoms with Crippen molar-refractivity contribution in [2.75, 3.05) is 20.6 Å². The second-order valence-corrected chi connectivity index (χ2v) is 8.54. The molecular formula is C24H29NO2. The van der Waals surface area contributed by atoms with Gasteiger partial charge < -0.3 is 9.64 Å². The van der Waals surface area contributed by atoms with Gasteiger partial charge in [0.25, 0.3) is 0 Å². The van der Waals surface area contributed by atoms with Crippen molar-refractivity contribution in [3.8, 4) is 5.75 Å². The van der Waals surface area contributed by atoms with Crippen molar-refractivity contribution in [2.45, 2.75) is 31.6 Å². The zero-order valence-electron chi connectivity index (χ0n) is 16.3. The lowest BCUT2D eigenvalue weighted by atomic mass is 9.69. The Kier molecular flexibility index (Phi) is 5.31. The van der Waals surface area contributed by atoms with Gasteiger partial charge in [0.15, 0.2) is 0 Å². The summed E-state index contributed by atoms with van der Waals surface area (Å²) in [5, 5.41) is 0. The minimum absolute atomic E-state index is 0.290. The molecule has 2 aliphatic carbocycles. The van der Waals surface area contributed by atoms with Crippen LogP contribution in [0.5, 0.6) is 5.75 Å². The van der Waals surface area contributed by atoms with Crippen molar-refractivity contribution >= 4 is 5.97 Å². The minimum atomic E-state index is -0.290. The summed E-state index contributed by atoms with van der Waals surface area (Å²) in [6.07, 6.45) is 5.43. The molecule has 2 aliphatic rings. The first kappa shape index (κ1) is 18.2. The van der Waals surface area contributed by atoms with Crippen molar-refractivity contribution in [1.82, 2.24) is 4.90 Å². The van der Waals surface area contributed by atoms with Crippen LogP contribution in [0.25, 0.3) is 0 Å². The molecule has 3 nitrogen and oxygen atoms in total. The fraction of sp³-hybridized carbons (Fsp3) is 0.458. The summed E-state index contributed by atoms with van der Waals surface area (Å²) < 4.78 is 5.67. The van der Waals surface area contributed by atoms with E-state index in [2.05, 4.69) is 31.1 Å². The molecule has 4 rings (SSSR count). The number of hydrogen-bond acceptors (Lipinski definition) is 3. The average Bonchev–Trinajstić information content (AvgIpc) is 3.07. The largest absolute Gasteiger partial charge is 0.423 e. The molecule has 0 aromatic heterocycles. The van der Waals surface area contributed by atoms with Gasteiger partial charge >= 0.3 is 5.97 Å². The van der Waals surface area contributed by atoms with E-state index in [9.17, 15) is 4.79 Å². The maximum absolute atomic E-state index is 12.4. The predicted molar refractivity (Wildman–Crippen MR) is 108 cm³/mol. The number of rotatable bonds is 5. The average molecular weight is 364 g/mol. The van der Waals surface area contributed by atoms with Crippen LogP contribution in [-0.2, 0) is 0 Å². The van der Waals surface area contributed by atoms with E-state index in [1.165, 1.54) is 31.2 Å². The Morgan fingerprint density at radius 3 is 2.63 bits per heavy atom. The Hall–Kier alpha value is -2.13. The number of ether oxygens (including phenoxy) is 1. The topological polar surface area (TPSA) is 29.5 Å². The highest BCUT2D eigenvalue weighted by Gasteiger charge is 2.42. The first-order valence-corrected chi connectivity index (χ1v) is 10.1. The molecule has 2 fully saturated rings. The smallest absolute Gasteiger partial charge is 0.343 e. The summed E-state index contributed by atoms with van der Waals surface area (Å²) in [7, 11) is 4.35. The summed E-state index contributed by atoms with van der Waals surface area (Å²) in [5.74, 6) is 3.33. The second-order valence-electron chi connectivity index (χ2n) is 8.54. The van der Waals surface area contributed by atoms with Gasteiger partial charge in [-0.15, -0.1) is 0 Å². The summed E-state index contributed by atoms with van der Waals surface area (Å²) >= 11 is 0. The van der Waals surface area contributed by atoms with Gasteiger partial charge in [-0.2, -0.15) is 0 Å². The fourth-order valence-corrected chi connectivity index (χ4v) is 5.21. The molecule has 3 heteroatoms. The first-order valence-electron chi connectivity index (χ1n) is 10.1. The molecule has 142 valence electrons. The lowest BCUT2D eigenvalue weighted by Crippen LogP contribution is -2.34. The quantitative estimate of drug-likeness (QED) is 0.554. The van der Waals surface area contributed by atoms with E-state index in [0.29, 0.717) is 23.1 Å². The molecule has 2 aromatic rings. The third-order valence-corrected chi connectivity index (χ3v) is 6.37. The third kappa shape index (κ3) is 4.08. The summed E-state index contributed by atoms with van der Waals surface area (Å²) in [6, 6.07) is 17.4. The van der Waals surface area contributed by atoms with Crippen molar-refractivity contribution in [3.05, 3.63) is 65.7 Å². The Labute approximate surface area is 162 Å². The summed E-state index contributed by atoms with van der Waals surface area (Å²) in [6.45, 7) is 1.14. The molecule has 4 unspecified atom stereocenters. The number of carbonyl (C=O) groups excluding carboxylic acids is 1. The maximum atomic E-state index is 12.4. The molecule has 27 heavy (non-hydrogen) atoms. The Balaban J connectivity index is 1.55. The first-order chi connectivity index (χ1) is 13.1.